The fourth-order valence-electron chi connectivity index (χ4n) is 1.84. The zero-order valence-electron chi connectivity index (χ0n) is 12.0. The fourth-order valence-corrected chi connectivity index (χ4v) is 1.84. The molecule has 0 unspecified atom stereocenters. The van der Waals surface area contributed by atoms with Crippen LogP contribution >= 0.6 is 0 Å². The smallest absolute Gasteiger partial charge is 0.375 e. The van der Waals surface area contributed by atoms with Crippen molar-refractivity contribution in [1.29, 1.82) is 0 Å². The van der Waals surface area contributed by atoms with Gasteiger partial charge in [0.25, 0.3) is 5.91 Å². The molecule has 0 spiro atoms. The van der Waals surface area contributed by atoms with Gasteiger partial charge < -0.3 is 14.1 Å². The molecule has 0 bridgehead atoms. The minimum absolute atomic E-state index is 0.225. The second-order valence-corrected chi connectivity index (χ2v) is 4.75. The summed E-state index contributed by atoms with van der Waals surface area (Å²) in [4.78, 5) is 36.8. The lowest BCUT2D eigenvalue weighted by molar-refractivity contribution is -0.137. The van der Waals surface area contributed by atoms with Crippen molar-refractivity contribution in [2.24, 2.45) is 0 Å². The van der Waals surface area contributed by atoms with Crippen LogP contribution in [0.25, 0.3) is 11.0 Å². The third-order valence-corrected chi connectivity index (χ3v) is 2.91. The Morgan fingerprint density at radius 1 is 1.24 bits per heavy atom. The highest BCUT2D eigenvalue weighted by molar-refractivity contribution is 5.91. The molecule has 21 heavy (non-hydrogen) atoms. The van der Waals surface area contributed by atoms with Crippen LogP contribution in [0.2, 0.25) is 0 Å². The minimum Gasteiger partial charge on any atom is -0.449 e. The van der Waals surface area contributed by atoms with Gasteiger partial charge in [-0.1, -0.05) is 12.1 Å². The number of rotatable bonds is 3. The summed E-state index contributed by atoms with van der Waals surface area (Å²) in [5.41, 5.74) is -0.0427. The average Bonchev–Trinajstić information content (AvgIpc) is 2.46. The average molecular weight is 289 g/mol. The Hall–Kier alpha value is -2.63. The molecule has 0 aliphatic heterocycles. The molecule has 2 aromatic rings. The number of fused-ring (bicyclic) bond motifs is 1. The summed E-state index contributed by atoms with van der Waals surface area (Å²) >= 11 is 0. The van der Waals surface area contributed by atoms with Crippen LogP contribution in [0.15, 0.2) is 39.5 Å². The number of carbonyl (C=O) groups is 2. The maximum atomic E-state index is 12.0. The topological polar surface area (TPSA) is 76.8 Å². The van der Waals surface area contributed by atoms with Crippen molar-refractivity contribution in [2.75, 3.05) is 14.1 Å². The number of amides is 1. The first-order chi connectivity index (χ1) is 9.90. The lowest BCUT2D eigenvalue weighted by Gasteiger charge is -2.16. The number of ether oxygens (including phenoxy) is 1. The second-order valence-electron chi connectivity index (χ2n) is 4.75. The van der Waals surface area contributed by atoms with E-state index in [0.717, 1.165) is 6.07 Å². The highest BCUT2D eigenvalue weighted by Crippen LogP contribution is 2.13. The van der Waals surface area contributed by atoms with Crippen LogP contribution in [0.1, 0.15) is 17.5 Å². The highest BCUT2D eigenvalue weighted by Gasteiger charge is 2.22. The van der Waals surface area contributed by atoms with Crippen molar-refractivity contribution >= 4 is 22.8 Å². The molecule has 0 aliphatic rings. The number of nitrogens with zero attached hydrogens (tertiary/aromatic N) is 1. The molecule has 1 amide bonds. The lowest BCUT2D eigenvalue weighted by Crippen LogP contribution is -2.35. The van der Waals surface area contributed by atoms with Crippen molar-refractivity contribution in [3.8, 4) is 0 Å². The Morgan fingerprint density at radius 3 is 2.57 bits per heavy atom. The predicted molar refractivity (Wildman–Crippen MR) is 76.1 cm³/mol. The molecule has 6 nitrogen and oxygen atoms in total. The molecule has 2 rings (SSSR count). The maximum absolute atomic E-state index is 12.0. The lowest BCUT2D eigenvalue weighted by atomic mass is 10.2. The van der Waals surface area contributed by atoms with E-state index in [1.165, 1.54) is 11.8 Å². The number of likely N-dealkylation sites (N-methyl/N-ethyl adjacent to an activating group) is 1. The van der Waals surface area contributed by atoms with Gasteiger partial charge in [0.2, 0.25) is 5.76 Å². The van der Waals surface area contributed by atoms with E-state index < -0.39 is 12.1 Å². The van der Waals surface area contributed by atoms with Gasteiger partial charge in [0.05, 0.1) is 5.39 Å². The molecule has 0 aliphatic carbocycles. The van der Waals surface area contributed by atoms with Crippen LogP contribution < -0.4 is 5.43 Å². The maximum Gasteiger partial charge on any atom is 0.375 e. The van der Waals surface area contributed by atoms with E-state index in [1.807, 2.05) is 0 Å². The van der Waals surface area contributed by atoms with Gasteiger partial charge in [0.1, 0.15) is 5.58 Å². The Bertz CT molecular complexity index is 747. The third kappa shape index (κ3) is 3.10. The first kappa shape index (κ1) is 14.8. The van der Waals surface area contributed by atoms with Crippen molar-refractivity contribution in [3.63, 3.8) is 0 Å². The van der Waals surface area contributed by atoms with Gasteiger partial charge in [-0.05, 0) is 19.1 Å². The van der Waals surface area contributed by atoms with Crippen LogP contribution in [0, 0.1) is 0 Å². The minimum atomic E-state index is -0.954. The van der Waals surface area contributed by atoms with E-state index >= 15 is 0 Å². The second kappa shape index (κ2) is 5.78. The van der Waals surface area contributed by atoms with E-state index in [0.29, 0.717) is 11.0 Å². The molecule has 1 atom stereocenters. The zero-order chi connectivity index (χ0) is 15.6. The van der Waals surface area contributed by atoms with Gasteiger partial charge in [0, 0.05) is 20.2 Å². The van der Waals surface area contributed by atoms with E-state index in [-0.39, 0.29) is 17.1 Å². The molecule has 1 aromatic heterocycles. The summed E-state index contributed by atoms with van der Waals surface area (Å²) in [6, 6.07) is 7.65. The van der Waals surface area contributed by atoms with Crippen LogP contribution in [-0.4, -0.2) is 37.0 Å². The molecular weight excluding hydrogens is 274 g/mol. The van der Waals surface area contributed by atoms with Crippen LogP contribution in [0.5, 0.6) is 0 Å². The number of hydrogen-bond donors (Lipinski definition) is 0. The van der Waals surface area contributed by atoms with E-state index in [1.54, 1.807) is 38.4 Å². The largest absolute Gasteiger partial charge is 0.449 e. The van der Waals surface area contributed by atoms with Gasteiger partial charge in [-0.3, -0.25) is 9.59 Å². The number of carbonyl (C=O) groups excluding carboxylic acids is 2. The van der Waals surface area contributed by atoms with Crippen LogP contribution in [0.3, 0.4) is 0 Å². The first-order valence-corrected chi connectivity index (χ1v) is 6.35. The van der Waals surface area contributed by atoms with Gasteiger partial charge in [-0.15, -0.1) is 0 Å². The summed E-state index contributed by atoms with van der Waals surface area (Å²) in [5.74, 6) is -1.43. The monoisotopic (exact) mass is 289 g/mol. The first-order valence-electron chi connectivity index (χ1n) is 6.35. The molecular formula is C15H15NO5. The van der Waals surface area contributed by atoms with Gasteiger partial charge in [0.15, 0.2) is 11.5 Å². The molecule has 0 saturated heterocycles. The summed E-state index contributed by atoms with van der Waals surface area (Å²) in [6.07, 6.45) is -0.954. The summed E-state index contributed by atoms with van der Waals surface area (Å²) in [6.45, 7) is 1.46. The van der Waals surface area contributed by atoms with E-state index in [2.05, 4.69) is 0 Å². The molecule has 6 heteroatoms. The van der Waals surface area contributed by atoms with E-state index in [4.69, 9.17) is 9.15 Å². The third-order valence-electron chi connectivity index (χ3n) is 2.91. The normalized spacial score (nSPS) is 12.0. The summed E-state index contributed by atoms with van der Waals surface area (Å²) < 4.78 is 10.3. The predicted octanol–water partition coefficient (Wildman–Crippen LogP) is 1.43. The zero-order valence-corrected chi connectivity index (χ0v) is 12.0. The molecule has 1 aromatic carbocycles. The van der Waals surface area contributed by atoms with Crippen molar-refractivity contribution < 1.29 is 18.7 Å². The fraction of sp³-hybridized carbons (Fsp3) is 0.267. The Labute approximate surface area is 120 Å². The number of hydrogen-bond acceptors (Lipinski definition) is 5. The molecule has 0 fully saturated rings. The Morgan fingerprint density at radius 2 is 1.90 bits per heavy atom. The summed E-state index contributed by atoms with van der Waals surface area (Å²) in [5, 5.41) is 0.381. The van der Waals surface area contributed by atoms with Crippen molar-refractivity contribution in [3.05, 3.63) is 46.3 Å². The molecule has 0 N–H and O–H groups in total. The van der Waals surface area contributed by atoms with E-state index in [9.17, 15) is 14.4 Å². The number of esters is 1. The van der Waals surface area contributed by atoms with Gasteiger partial charge in [-0.25, -0.2) is 4.79 Å². The standard InChI is InChI=1S/C15H15NO5/c1-9(14(18)16(2)3)20-15(19)13-8-11(17)10-6-4-5-7-12(10)21-13/h4-9H,1-3H3/t9-/m1/s1. The number of para-hydroxylation sites is 1. The SMILES string of the molecule is C[C@@H](OC(=O)c1cc(=O)c2ccccc2o1)C(=O)N(C)C. The van der Waals surface area contributed by atoms with Crippen molar-refractivity contribution in [2.45, 2.75) is 13.0 Å². The molecule has 0 saturated carbocycles. The van der Waals surface area contributed by atoms with Gasteiger partial charge >= 0.3 is 5.97 Å². The molecule has 1 heterocycles. The van der Waals surface area contributed by atoms with Gasteiger partial charge in [-0.2, -0.15) is 0 Å². The van der Waals surface area contributed by atoms with Crippen LogP contribution in [-0.2, 0) is 9.53 Å². The quantitative estimate of drug-likeness (QED) is 0.799. The Kier molecular flexibility index (Phi) is 4.07. The number of benzene rings is 1. The Balaban J connectivity index is 2.28. The van der Waals surface area contributed by atoms with Crippen molar-refractivity contribution in [1.82, 2.24) is 4.90 Å². The van der Waals surface area contributed by atoms with Crippen LogP contribution in [0.4, 0.5) is 0 Å². The summed E-state index contributed by atoms with van der Waals surface area (Å²) in [7, 11) is 3.12. The molecule has 0 radical (unpaired) electrons. The molecule has 110 valence electrons. The highest BCUT2D eigenvalue weighted by atomic mass is 16.6.